The Balaban J connectivity index is 2.86. The van der Waals surface area contributed by atoms with Crippen molar-refractivity contribution in [2.24, 2.45) is 0 Å². The number of aromatic hydroxyl groups is 1. The molecule has 0 amide bonds. The van der Waals surface area contributed by atoms with Gasteiger partial charge in [0, 0.05) is 6.07 Å². The van der Waals surface area contributed by atoms with E-state index in [1.807, 2.05) is 0 Å². The average molecular weight is 292 g/mol. The molecule has 0 aromatic heterocycles. The predicted molar refractivity (Wildman–Crippen MR) is 86.4 cm³/mol. The number of hydrogen-bond acceptors (Lipinski definition) is 3. The number of benzene rings is 1. The van der Waals surface area contributed by atoms with Crippen LogP contribution in [0, 0.1) is 0 Å². The summed E-state index contributed by atoms with van der Waals surface area (Å²) in [6, 6.07) is 3.40. The lowest BCUT2D eigenvalue weighted by atomic mass is 10.0. The standard InChI is InChI=1S/C18H28O3/c1-4-6-8-9-10-15-12-16(14(3)19)17(20)13-18(15)21-11-7-5-2/h12-13,20H,4-11H2,1-3H3. The maximum Gasteiger partial charge on any atom is 0.163 e. The lowest BCUT2D eigenvalue weighted by Gasteiger charge is -2.14. The Hall–Kier alpha value is -1.51. The minimum Gasteiger partial charge on any atom is -0.507 e. The zero-order valence-corrected chi connectivity index (χ0v) is 13.6. The quantitative estimate of drug-likeness (QED) is 0.493. The Morgan fingerprint density at radius 2 is 1.81 bits per heavy atom. The van der Waals surface area contributed by atoms with Crippen LogP contribution in [0.4, 0.5) is 0 Å². The molecule has 0 aliphatic carbocycles. The van der Waals surface area contributed by atoms with E-state index in [2.05, 4.69) is 13.8 Å². The van der Waals surface area contributed by atoms with Gasteiger partial charge >= 0.3 is 0 Å². The predicted octanol–water partition coefficient (Wildman–Crippen LogP) is 4.90. The first-order valence-corrected chi connectivity index (χ1v) is 8.09. The van der Waals surface area contributed by atoms with E-state index < -0.39 is 0 Å². The van der Waals surface area contributed by atoms with Crippen molar-refractivity contribution in [2.45, 2.75) is 65.7 Å². The molecule has 0 bridgehead atoms. The van der Waals surface area contributed by atoms with Gasteiger partial charge in [0.15, 0.2) is 5.78 Å². The van der Waals surface area contributed by atoms with Gasteiger partial charge in [0.05, 0.1) is 12.2 Å². The normalized spacial score (nSPS) is 10.6. The summed E-state index contributed by atoms with van der Waals surface area (Å²) >= 11 is 0. The number of phenols is 1. The van der Waals surface area contributed by atoms with E-state index in [1.54, 1.807) is 12.1 Å². The number of aryl methyl sites for hydroxylation is 1. The molecule has 3 nitrogen and oxygen atoms in total. The molecule has 1 rings (SSSR count). The monoisotopic (exact) mass is 292 g/mol. The van der Waals surface area contributed by atoms with E-state index in [9.17, 15) is 9.90 Å². The summed E-state index contributed by atoms with van der Waals surface area (Å²) < 4.78 is 5.78. The number of unbranched alkanes of at least 4 members (excludes halogenated alkanes) is 4. The molecule has 0 unspecified atom stereocenters. The lowest BCUT2D eigenvalue weighted by Crippen LogP contribution is -2.03. The summed E-state index contributed by atoms with van der Waals surface area (Å²) in [7, 11) is 0. The van der Waals surface area contributed by atoms with Crippen LogP contribution < -0.4 is 4.74 Å². The third-order valence-corrected chi connectivity index (χ3v) is 3.61. The number of ether oxygens (including phenoxy) is 1. The summed E-state index contributed by atoms with van der Waals surface area (Å²) in [4.78, 5) is 11.6. The number of hydrogen-bond donors (Lipinski definition) is 1. The topological polar surface area (TPSA) is 46.5 Å². The Bertz CT molecular complexity index is 452. The van der Waals surface area contributed by atoms with Crippen molar-refractivity contribution in [2.75, 3.05) is 6.61 Å². The molecule has 0 saturated carbocycles. The van der Waals surface area contributed by atoms with Crippen LogP contribution in [0.3, 0.4) is 0 Å². The Morgan fingerprint density at radius 3 is 2.43 bits per heavy atom. The molecule has 0 atom stereocenters. The van der Waals surface area contributed by atoms with Gasteiger partial charge in [-0.15, -0.1) is 0 Å². The lowest BCUT2D eigenvalue weighted by molar-refractivity contribution is 0.101. The van der Waals surface area contributed by atoms with Gasteiger partial charge in [-0.1, -0.05) is 39.5 Å². The summed E-state index contributed by atoms with van der Waals surface area (Å²) in [6.45, 7) is 6.43. The van der Waals surface area contributed by atoms with Crippen LogP contribution in [0.5, 0.6) is 11.5 Å². The van der Waals surface area contributed by atoms with Crippen LogP contribution in [-0.2, 0) is 6.42 Å². The number of Topliss-reactive ketones (excluding diaryl/α,β-unsaturated/α-hetero) is 1. The summed E-state index contributed by atoms with van der Waals surface area (Å²) in [5.41, 5.74) is 1.42. The minimum atomic E-state index is -0.109. The van der Waals surface area contributed by atoms with Gasteiger partial charge < -0.3 is 9.84 Å². The van der Waals surface area contributed by atoms with E-state index in [-0.39, 0.29) is 11.5 Å². The van der Waals surface area contributed by atoms with Crippen molar-refractivity contribution in [3.05, 3.63) is 23.3 Å². The average Bonchev–Trinajstić information content (AvgIpc) is 2.45. The highest BCUT2D eigenvalue weighted by Crippen LogP contribution is 2.30. The fourth-order valence-corrected chi connectivity index (χ4v) is 2.29. The van der Waals surface area contributed by atoms with Crippen molar-refractivity contribution in [1.82, 2.24) is 0 Å². The van der Waals surface area contributed by atoms with Crippen LogP contribution in [0.2, 0.25) is 0 Å². The summed E-state index contributed by atoms with van der Waals surface area (Å²) in [6.07, 6.45) is 7.65. The second-order valence-electron chi connectivity index (χ2n) is 5.55. The molecular weight excluding hydrogens is 264 g/mol. The minimum absolute atomic E-state index is 0.0197. The molecule has 118 valence electrons. The van der Waals surface area contributed by atoms with Gasteiger partial charge in [0.2, 0.25) is 0 Å². The van der Waals surface area contributed by atoms with Crippen LogP contribution in [0.15, 0.2) is 12.1 Å². The molecule has 21 heavy (non-hydrogen) atoms. The summed E-state index contributed by atoms with van der Waals surface area (Å²) in [5.74, 6) is 0.635. The number of ketones is 1. The van der Waals surface area contributed by atoms with Crippen LogP contribution in [0.25, 0.3) is 0 Å². The van der Waals surface area contributed by atoms with Crippen LogP contribution in [0.1, 0.15) is 75.2 Å². The first-order valence-electron chi connectivity index (χ1n) is 8.09. The second kappa shape index (κ2) is 9.43. The van der Waals surface area contributed by atoms with Crippen molar-refractivity contribution in [3.63, 3.8) is 0 Å². The molecular formula is C18H28O3. The van der Waals surface area contributed by atoms with Crippen LogP contribution >= 0.6 is 0 Å². The SMILES string of the molecule is CCCCCCc1cc(C(C)=O)c(O)cc1OCCCC. The molecule has 3 heteroatoms. The highest BCUT2D eigenvalue weighted by Gasteiger charge is 2.13. The highest BCUT2D eigenvalue weighted by molar-refractivity contribution is 5.97. The second-order valence-corrected chi connectivity index (χ2v) is 5.55. The van der Waals surface area contributed by atoms with Crippen molar-refractivity contribution in [1.29, 1.82) is 0 Å². The summed E-state index contributed by atoms with van der Waals surface area (Å²) in [5, 5.41) is 9.95. The number of carbonyl (C=O) groups is 1. The number of carbonyl (C=O) groups excluding carboxylic acids is 1. The molecule has 1 N–H and O–H groups in total. The first-order chi connectivity index (χ1) is 10.1. The van der Waals surface area contributed by atoms with Crippen molar-refractivity contribution in [3.8, 4) is 11.5 Å². The van der Waals surface area contributed by atoms with Crippen molar-refractivity contribution >= 4 is 5.78 Å². The van der Waals surface area contributed by atoms with E-state index in [4.69, 9.17) is 4.74 Å². The Kier molecular flexibility index (Phi) is 7.88. The first kappa shape index (κ1) is 17.5. The largest absolute Gasteiger partial charge is 0.507 e. The molecule has 0 saturated heterocycles. The maximum atomic E-state index is 11.6. The molecule has 0 aliphatic heterocycles. The van der Waals surface area contributed by atoms with Gasteiger partial charge in [-0.25, -0.2) is 0 Å². The number of rotatable bonds is 10. The van der Waals surface area contributed by atoms with Crippen LogP contribution in [-0.4, -0.2) is 17.5 Å². The zero-order chi connectivity index (χ0) is 15.7. The van der Waals surface area contributed by atoms with E-state index >= 15 is 0 Å². The molecule has 0 fully saturated rings. The van der Waals surface area contributed by atoms with Gasteiger partial charge in [-0.05, 0) is 37.8 Å². The Labute approximate surface area is 128 Å². The molecule has 0 spiro atoms. The third-order valence-electron chi connectivity index (χ3n) is 3.61. The fourth-order valence-electron chi connectivity index (χ4n) is 2.29. The maximum absolute atomic E-state index is 11.6. The Morgan fingerprint density at radius 1 is 1.10 bits per heavy atom. The van der Waals surface area contributed by atoms with E-state index in [0.29, 0.717) is 12.2 Å². The third kappa shape index (κ3) is 5.78. The van der Waals surface area contributed by atoms with Gasteiger partial charge in [0.25, 0.3) is 0 Å². The van der Waals surface area contributed by atoms with Gasteiger partial charge in [0.1, 0.15) is 11.5 Å². The number of phenolic OH excluding ortho intramolecular Hbond substituents is 1. The molecule has 1 aromatic carbocycles. The molecule has 1 aromatic rings. The van der Waals surface area contributed by atoms with Crippen molar-refractivity contribution < 1.29 is 14.6 Å². The smallest absolute Gasteiger partial charge is 0.163 e. The van der Waals surface area contributed by atoms with E-state index in [1.165, 1.54) is 26.2 Å². The molecule has 0 radical (unpaired) electrons. The molecule has 0 aliphatic rings. The molecule has 0 heterocycles. The van der Waals surface area contributed by atoms with Gasteiger partial charge in [-0.3, -0.25) is 4.79 Å². The van der Waals surface area contributed by atoms with E-state index in [0.717, 1.165) is 37.0 Å². The van der Waals surface area contributed by atoms with Gasteiger partial charge in [-0.2, -0.15) is 0 Å². The zero-order valence-electron chi connectivity index (χ0n) is 13.6. The fraction of sp³-hybridized carbons (Fsp3) is 0.611. The highest BCUT2D eigenvalue weighted by atomic mass is 16.5.